The number of hydrogen-bond donors (Lipinski definition) is 1. The summed E-state index contributed by atoms with van der Waals surface area (Å²) < 4.78 is 11.1. The quantitative estimate of drug-likeness (QED) is 0.798. The molecule has 0 aliphatic rings. The third-order valence-electron chi connectivity index (χ3n) is 3.56. The SMILES string of the molecule is CNC(C)Cc1noc(-c2oc3c(Cl)cccc3c2C)n1. The van der Waals surface area contributed by atoms with Gasteiger partial charge < -0.3 is 14.3 Å². The molecule has 0 radical (unpaired) electrons. The summed E-state index contributed by atoms with van der Waals surface area (Å²) in [6, 6.07) is 5.93. The van der Waals surface area contributed by atoms with Crippen molar-refractivity contribution in [1.82, 2.24) is 15.5 Å². The molecule has 1 atom stereocenters. The summed E-state index contributed by atoms with van der Waals surface area (Å²) in [6.07, 6.45) is 0.694. The Hall–Kier alpha value is -1.85. The number of hydrogen-bond acceptors (Lipinski definition) is 5. The van der Waals surface area contributed by atoms with Crippen molar-refractivity contribution in [3.8, 4) is 11.7 Å². The third kappa shape index (κ3) is 2.54. The predicted octanol–water partition coefficient (Wildman–Crippen LogP) is 3.60. The van der Waals surface area contributed by atoms with E-state index < -0.39 is 0 Å². The van der Waals surface area contributed by atoms with Gasteiger partial charge in [-0.25, -0.2) is 0 Å². The van der Waals surface area contributed by atoms with Crippen LogP contribution in [0.1, 0.15) is 18.3 Å². The molecule has 3 rings (SSSR count). The molecule has 1 unspecified atom stereocenters. The lowest BCUT2D eigenvalue weighted by atomic mass is 10.1. The second kappa shape index (κ2) is 5.50. The molecular weight excluding hydrogens is 290 g/mol. The number of furan rings is 1. The topological polar surface area (TPSA) is 64.1 Å². The van der Waals surface area contributed by atoms with E-state index in [1.54, 1.807) is 6.07 Å². The second-order valence-electron chi connectivity index (χ2n) is 5.08. The maximum absolute atomic E-state index is 6.15. The standard InChI is InChI=1S/C15H16ClN3O2/c1-8(17-3)7-12-18-15(21-19-12)13-9(2)10-5-4-6-11(16)14(10)20-13/h4-6,8,17H,7H2,1-3H3. The summed E-state index contributed by atoms with van der Waals surface area (Å²) in [5.41, 5.74) is 1.60. The first kappa shape index (κ1) is 14.1. The van der Waals surface area contributed by atoms with E-state index in [9.17, 15) is 0 Å². The van der Waals surface area contributed by atoms with Crippen LogP contribution in [0.15, 0.2) is 27.1 Å². The Bertz CT molecular complexity index is 778. The lowest BCUT2D eigenvalue weighted by Crippen LogP contribution is -2.24. The first-order valence-electron chi connectivity index (χ1n) is 6.78. The van der Waals surface area contributed by atoms with Crippen LogP contribution in [0.3, 0.4) is 0 Å². The van der Waals surface area contributed by atoms with Crippen LogP contribution in [-0.2, 0) is 6.42 Å². The highest BCUT2D eigenvalue weighted by Crippen LogP contribution is 2.35. The zero-order chi connectivity index (χ0) is 15.0. The highest BCUT2D eigenvalue weighted by molar-refractivity contribution is 6.35. The highest BCUT2D eigenvalue weighted by atomic mass is 35.5. The summed E-state index contributed by atoms with van der Waals surface area (Å²) in [7, 11) is 1.90. The van der Waals surface area contributed by atoms with Crippen molar-refractivity contribution in [2.24, 2.45) is 0 Å². The molecule has 0 amide bonds. The molecule has 0 aliphatic heterocycles. The average molecular weight is 306 g/mol. The van der Waals surface area contributed by atoms with Gasteiger partial charge in [-0.05, 0) is 27.0 Å². The Morgan fingerprint density at radius 2 is 2.19 bits per heavy atom. The van der Waals surface area contributed by atoms with Crippen LogP contribution in [0.4, 0.5) is 0 Å². The van der Waals surface area contributed by atoms with E-state index >= 15 is 0 Å². The zero-order valence-corrected chi connectivity index (χ0v) is 12.9. The lowest BCUT2D eigenvalue weighted by Gasteiger charge is -2.04. The zero-order valence-electron chi connectivity index (χ0n) is 12.1. The maximum atomic E-state index is 6.15. The Morgan fingerprint density at radius 1 is 1.38 bits per heavy atom. The van der Waals surface area contributed by atoms with E-state index in [2.05, 4.69) is 22.4 Å². The van der Waals surface area contributed by atoms with Crippen molar-refractivity contribution in [2.45, 2.75) is 26.3 Å². The second-order valence-corrected chi connectivity index (χ2v) is 5.49. The number of aromatic nitrogens is 2. The fraction of sp³-hybridized carbons (Fsp3) is 0.333. The van der Waals surface area contributed by atoms with Crippen molar-refractivity contribution >= 4 is 22.6 Å². The molecule has 1 aromatic carbocycles. The van der Waals surface area contributed by atoms with Crippen LogP contribution < -0.4 is 5.32 Å². The Kier molecular flexibility index (Phi) is 3.69. The van der Waals surface area contributed by atoms with Gasteiger partial charge >= 0.3 is 0 Å². The molecule has 1 N–H and O–H groups in total. The number of halogens is 1. The maximum Gasteiger partial charge on any atom is 0.293 e. The van der Waals surface area contributed by atoms with Crippen molar-refractivity contribution < 1.29 is 8.94 Å². The van der Waals surface area contributed by atoms with Crippen molar-refractivity contribution in [2.75, 3.05) is 7.05 Å². The van der Waals surface area contributed by atoms with Crippen LogP contribution in [0, 0.1) is 6.92 Å². The van der Waals surface area contributed by atoms with E-state index in [0.717, 1.165) is 10.9 Å². The van der Waals surface area contributed by atoms with Crippen LogP contribution >= 0.6 is 11.6 Å². The van der Waals surface area contributed by atoms with Gasteiger partial charge in [0, 0.05) is 23.4 Å². The number of fused-ring (bicyclic) bond motifs is 1. The summed E-state index contributed by atoms with van der Waals surface area (Å²) in [5.74, 6) is 1.62. The van der Waals surface area contributed by atoms with Gasteiger partial charge in [-0.15, -0.1) is 0 Å². The molecule has 2 aromatic heterocycles. The molecule has 6 heteroatoms. The van der Waals surface area contributed by atoms with Crippen LogP contribution in [0.2, 0.25) is 5.02 Å². The number of likely N-dealkylation sites (N-methyl/N-ethyl adjacent to an activating group) is 1. The highest BCUT2D eigenvalue weighted by Gasteiger charge is 2.20. The molecule has 2 heterocycles. The minimum Gasteiger partial charge on any atom is -0.449 e. The smallest absolute Gasteiger partial charge is 0.293 e. The van der Waals surface area contributed by atoms with E-state index in [4.69, 9.17) is 20.5 Å². The van der Waals surface area contributed by atoms with E-state index in [-0.39, 0.29) is 6.04 Å². The van der Waals surface area contributed by atoms with Crippen LogP contribution in [0.25, 0.3) is 22.6 Å². The number of nitrogens with zero attached hydrogens (tertiary/aromatic N) is 2. The van der Waals surface area contributed by atoms with Crippen molar-refractivity contribution in [3.63, 3.8) is 0 Å². The van der Waals surface area contributed by atoms with Gasteiger partial charge in [-0.1, -0.05) is 28.9 Å². The van der Waals surface area contributed by atoms with E-state index in [0.29, 0.717) is 34.5 Å². The van der Waals surface area contributed by atoms with Gasteiger partial charge in [0.2, 0.25) is 0 Å². The normalized spacial score (nSPS) is 13.0. The van der Waals surface area contributed by atoms with Gasteiger partial charge in [0.05, 0.1) is 5.02 Å². The number of rotatable bonds is 4. The summed E-state index contributed by atoms with van der Waals surface area (Å²) >= 11 is 6.15. The predicted molar refractivity (Wildman–Crippen MR) is 81.5 cm³/mol. The molecule has 0 saturated carbocycles. The molecule has 21 heavy (non-hydrogen) atoms. The Labute approximate surface area is 127 Å². The number of para-hydroxylation sites is 1. The molecule has 0 bridgehead atoms. The van der Waals surface area contributed by atoms with E-state index in [1.807, 2.05) is 26.1 Å². The molecule has 0 aliphatic carbocycles. The molecule has 0 saturated heterocycles. The first-order chi connectivity index (χ1) is 10.1. The number of benzene rings is 1. The monoisotopic (exact) mass is 305 g/mol. The molecular formula is C15H16ClN3O2. The van der Waals surface area contributed by atoms with Gasteiger partial charge in [-0.3, -0.25) is 0 Å². The third-order valence-corrected chi connectivity index (χ3v) is 3.86. The minimum atomic E-state index is 0.279. The lowest BCUT2D eigenvalue weighted by molar-refractivity contribution is 0.408. The molecule has 0 spiro atoms. The fourth-order valence-electron chi connectivity index (χ4n) is 2.22. The molecule has 0 fully saturated rings. The first-order valence-corrected chi connectivity index (χ1v) is 7.15. The Balaban J connectivity index is 2.01. The van der Waals surface area contributed by atoms with Gasteiger partial charge in [0.1, 0.15) is 0 Å². The van der Waals surface area contributed by atoms with Gasteiger partial charge in [-0.2, -0.15) is 4.98 Å². The average Bonchev–Trinajstić information content (AvgIpc) is 3.05. The molecule has 5 nitrogen and oxygen atoms in total. The summed E-state index contributed by atoms with van der Waals surface area (Å²) in [6.45, 7) is 4.01. The number of aryl methyl sites for hydroxylation is 1. The van der Waals surface area contributed by atoms with E-state index in [1.165, 1.54) is 0 Å². The minimum absolute atomic E-state index is 0.279. The fourth-order valence-corrected chi connectivity index (χ4v) is 2.43. The van der Waals surface area contributed by atoms with Crippen LogP contribution in [-0.4, -0.2) is 23.2 Å². The summed E-state index contributed by atoms with van der Waals surface area (Å²) in [5, 5.41) is 8.67. The van der Waals surface area contributed by atoms with Crippen molar-refractivity contribution in [3.05, 3.63) is 34.6 Å². The van der Waals surface area contributed by atoms with Gasteiger partial charge in [0.25, 0.3) is 5.89 Å². The molecule has 3 aromatic rings. The van der Waals surface area contributed by atoms with Crippen molar-refractivity contribution in [1.29, 1.82) is 0 Å². The summed E-state index contributed by atoms with van der Waals surface area (Å²) in [4.78, 5) is 4.40. The molecule has 110 valence electrons. The van der Waals surface area contributed by atoms with Crippen LogP contribution in [0.5, 0.6) is 0 Å². The largest absolute Gasteiger partial charge is 0.449 e. The van der Waals surface area contributed by atoms with Gasteiger partial charge in [0.15, 0.2) is 17.2 Å². The number of nitrogens with one attached hydrogen (secondary N) is 1. The Morgan fingerprint density at radius 3 is 2.90 bits per heavy atom.